The first-order chi connectivity index (χ1) is 7.66. The van der Waals surface area contributed by atoms with Gasteiger partial charge >= 0.3 is 0 Å². The summed E-state index contributed by atoms with van der Waals surface area (Å²) in [6.45, 7) is 0.919. The third-order valence-corrected chi connectivity index (χ3v) is 3.78. The molecular formula is C11H13BrCl2N2O. The molecule has 1 heterocycles. The number of carbonyl (C=O) groups excluding carboxylic acids is 1. The number of rotatable bonds is 2. The van der Waals surface area contributed by atoms with Gasteiger partial charge in [-0.2, -0.15) is 0 Å². The molecule has 2 rings (SSSR count). The molecule has 3 nitrogen and oxygen atoms in total. The number of benzene rings is 1. The summed E-state index contributed by atoms with van der Waals surface area (Å²) in [7, 11) is 0. The summed E-state index contributed by atoms with van der Waals surface area (Å²) in [5.74, 6) is 0.0201. The summed E-state index contributed by atoms with van der Waals surface area (Å²) < 4.78 is 0.784. The number of amides is 1. The Balaban J connectivity index is 0.00000144. The van der Waals surface area contributed by atoms with Gasteiger partial charge in [0.25, 0.3) is 0 Å². The fraction of sp³-hybridized carbons (Fsp3) is 0.364. The summed E-state index contributed by atoms with van der Waals surface area (Å²) in [6.07, 6.45) is 1.96. The first-order valence-electron chi connectivity index (χ1n) is 5.16. The van der Waals surface area contributed by atoms with Gasteiger partial charge in [0.15, 0.2) is 0 Å². The third kappa shape index (κ3) is 3.85. The molecule has 1 fully saturated rings. The van der Waals surface area contributed by atoms with Crippen LogP contribution in [0.1, 0.15) is 12.8 Å². The molecule has 0 radical (unpaired) electrons. The van der Waals surface area contributed by atoms with Crippen LogP contribution in [0.3, 0.4) is 0 Å². The van der Waals surface area contributed by atoms with Crippen LogP contribution in [0.4, 0.5) is 5.69 Å². The van der Waals surface area contributed by atoms with Gasteiger partial charge in [0, 0.05) is 10.2 Å². The summed E-state index contributed by atoms with van der Waals surface area (Å²) in [5, 5.41) is 6.65. The lowest BCUT2D eigenvalue weighted by Crippen LogP contribution is -2.35. The maximum Gasteiger partial charge on any atom is 0.241 e. The molecule has 0 saturated carbocycles. The molecular weight excluding hydrogens is 327 g/mol. The molecule has 1 saturated heterocycles. The first-order valence-corrected chi connectivity index (χ1v) is 6.33. The number of halogens is 3. The van der Waals surface area contributed by atoms with Crippen LogP contribution in [-0.4, -0.2) is 18.5 Å². The molecule has 1 aromatic rings. The summed E-state index contributed by atoms with van der Waals surface area (Å²) >= 11 is 9.19. The van der Waals surface area contributed by atoms with Crippen molar-refractivity contribution in [3.05, 3.63) is 27.7 Å². The molecule has 1 aliphatic rings. The highest BCUT2D eigenvalue weighted by Gasteiger charge is 2.21. The maximum atomic E-state index is 11.8. The van der Waals surface area contributed by atoms with Crippen molar-refractivity contribution >= 4 is 51.5 Å². The second-order valence-corrected chi connectivity index (χ2v) is 5.03. The van der Waals surface area contributed by atoms with E-state index in [9.17, 15) is 4.79 Å². The predicted octanol–water partition coefficient (Wildman–Crippen LogP) is 3.21. The van der Waals surface area contributed by atoms with E-state index in [1.807, 2.05) is 0 Å². The molecule has 0 spiro atoms. The Morgan fingerprint density at radius 2 is 2.29 bits per heavy atom. The third-order valence-electron chi connectivity index (χ3n) is 2.56. The first kappa shape index (κ1) is 14.8. The molecule has 1 atom stereocenters. The van der Waals surface area contributed by atoms with Gasteiger partial charge in [-0.05, 0) is 53.5 Å². The number of hydrogen-bond acceptors (Lipinski definition) is 2. The minimum absolute atomic E-state index is 0. The molecule has 1 amide bonds. The zero-order valence-electron chi connectivity index (χ0n) is 9.00. The summed E-state index contributed by atoms with van der Waals surface area (Å²) in [6, 6.07) is 5.29. The highest BCUT2D eigenvalue weighted by Crippen LogP contribution is 2.25. The Kier molecular flexibility index (Phi) is 5.73. The minimum Gasteiger partial charge on any atom is -0.325 e. The minimum atomic E-state index is -0.0607. The van der Waals surface area contributed by atoms with E-state index < -0.39 is 0 Å². The topological polar surface area (TPSA) is 41.1 Å². The highest BCUT2D eigenvalue weighted by atomic mass is 79.9. The van der Waals surface area contributed by atoms with Crippen LogP contribution in [0.2, 0.25) is 5.02 Å². The zero-order chi connectivity index (χ0) is 11.5. The molecule has 0 aromatic heterocycles. The van der Waals surface area contributed by atoms with E-state index in [-0.39, 0.29) is 24.4 Å². The van der Waals surface area contributed by atoms with E-state index in [4.69, 9.17) is 11.6 Å². The van der Waals surface area contributed by atoms with Gasteiger partial charge in [0.2, 0.25) is 5.91 Å². The van der Waals surface area contributed by atoms with Crippen molar-refractivity contribution in [2.45, 2.75) is 18.9 Å². The van der Waals surface area contributed by atoms with Gasteiger partial charge in [-0.15, -0.1) is 12.4 Å². The molecule has 0 bridgehead atoms. The quantitative estimate of drug-likeness (QED) is 0.868. The number of anilines is 1. The van der Waals surface area contributed by atoms with E-state index in [1.165, 1.54) is 0 Å². The Bertz CT molecular complexity index is 408. The monoisotopic (exact) mass is 338 g/mol. The van der Waals surface area contributed by atoms with Gasteiger partial charge in [0.05, 0.1) is 11.1 Å². The molecule has 0 aliphatic carbocycles. The molecule has 1 aromatic carbocycles. The van der Waals surface area contributed by atoms with Gasteiger partial charge in [-0.25, -0.2) is 0 Å². The van der Waals surface area contributed by atoms with Crippen molar-refractivity contribution < 1.29 is 4.79 Å². The number of carbonyl (C=O) groups is 1. The lowest BCUT2D eigenvalue weighted by Gasteiger charge is -2.11. The molecule has 94 valence electrons. The summed E-state index contributed by atoms with van der Waals surface area (Å²) in [5.41, 5.74) is 0.759. The van der Waals surface area contributed by atoms with Crippen molar-refractivity contribution in [2.24, 2.45) is 0 Å². The van der Waals surface area contributed by atoms with Crippen LogP contribution >= 0.6 is 39.9 Å². The molecule has 17 heavy (non-hydrogen) atoms. The second kappa shape index (κ2) is 6.59. The zero-order valence-corrected chi connectivity index (χ0v) is 12.2. The largest absolute Gasteiger partial charge is 0.325 e. The van der Waals surface area contributed by atoms with Gasteiger partial charge in [0.1, 0.15) is 0 Å². The smallest absolute Gasteiger partial charge is 0.241 e. The number of hydrogen-bond donors (Lipinski definition) is 2. The van der Waals surface area contributed by atoms with Gasteiger partial charge < -0.3 is 10.6 Å². The van der Waals surface area contributed by atoms with E-state index in [0.29, 0.717) is 5.02 Å². The Labute approximate surface area is 120 Å². The van der Waals surface area contributed by atoms with E-state index in [1.54, 1.807) is 18.2 Å². The van der Waals surface area contributed by atoms with Crippen LogP contribution in [0.25, 0.3) is 0 Å². The van der Waals surface area contributed by atoms with Gasteiger partial charge in [-0.1, -0.05) is 11.6 Å². The Hall–Kier alpha value is -0.290. The second-order valence-electron chi connectivity index (χ2n) is 3.77. The highest BCUT2D eigenvalue weighted by molar-refractivity contribution is 9.10. The Morgan fingerprint density at radius 3 is 2.88 bits per heavy atom. The van der Waals surface area contributed by atoms with Crippen LogP contribution in [-0.2, 0) is 4.79 Å². The molecule has 1 unspecified atom stereocenters. The SMILES string of the molecule is Cl.O=C(Nc1ccc(Cl)c(Br)c1)C1CCCN1. The van der Waals surface area contributed by atoms with Crippen LogP contribution < -0.4 is 10.6 Å². The predicted molar refractivity (Wildman–Crippen MR) is 76.1 cm³/mol. The van der Waals surface area contributed by atoms with E-state index in [0.717, 1.165) is 29.5 Å². The maximum absolute atomic E-state index is 11.8. The van der Waals surface area contributed by atoms with Gasteiger partial charge in [-0.3, -0.25) is 4.79 Å². The van der Waals surface area contributed by atoms with Crippen LogP contribution in [0.15, 0.2) is 22.7 Å². The van der Waals surface area contributed by atoms with Crippen molar-refractivity contribution in [1.29, 1.82) is 0 Å². The fourth-order valence-electron chi connectivity index (χ4n) is 1.71. The normalized spacial score (nSPS) is 18.6. The summed E-state index contributed by atoms with van der Waals surface area (Å²) in [4.78, 5) is 11.8. The molecule has 1 aliphatic heterocycles. The fourth-order valence-corrected chi connectivity index (χ4v) is 2.21. The van der Waals surface area contributed by atoms with Crippen molar-refractivity contribution in [3.63, 3.8) is 0 Å². The lowest BCUT2D eigenvalue weighted by atomic mass is 10.2. The van der Waals surface area contributed by atoms with E-state index >= 15 is 0 Å². The average Bonchev–Trinajstić information content (AvgIpc) is 2.77. The van der Waals surface area contributed by atoms with Crippen molar-refractivity contribution in [1.82, 2.24) is 5.32 Å². The van der Waals surface area contributed by atoms with Crippen molar-refractivity contribution in [2.75, 3.05) is 11.9 Å². The molecule has 6 heteroatoms. The number of nitrogens with one attached hydrogen (secondary N) is 2. The lowest BCUT2D eigenvalue weighted by molar-refractivity contribution is -0.117. The standard InChI is InChI=1S/C11H12BrClN2O.ClH/c12-8-6-7(3-4-9(8)13)15-11(16)10-2-1-5-14-10;/h3-4,6,10,14H,1-2,5H2,(H,15,16);1H. The molecule has 2 N–H and O–H groups in total. The van der Waals surface area contributed by atoms with E-state index in [2.05, 4.69) is 26.6 Å². The van der Waals surface area contributed by atoms with Crippen LogP contribution in [0.5, 0.6) is 0 Å². The average molecular weight is 340 g/mol. The van der Waals surface area contributed by atoms with Crippen molar-refractivity contribution in [3.8, 4) is 0 Å². The van der Waals surface area contributed by atoms with Crippen LogP contribution in [0, 0.1) is 0 Å². The Morgan fingerprint density at radius 1 is 1.53 bits per heavy atom.